The van der Waals surface area contributed by atoms with Gasteiger partial charge in [0.2, 0.25) is 0 Å². The van der Waals surface area contributed by atoms with Gasteiger partial charge in [0, 0.05) is 33.1 Å². The van der Waals surface area contributed by atoms with E-state index in [4.69, 9.17) is 4.42 Å². The van der Waals surface area contributed by atoms with E-state index in [1.807, 2.05) is 6.07 Å². The lowest BCUT2D eigenvalue weighted by molar-refractivity contribution is 0.660. The van der Waals surface area contributed by atoms with Gasteiger partial charge in [-0.25, -0.2) is 0 Å². The van der Waals surface area contributed by atoms with Crippen LogP contribution in [0.3, 0.4) is 0 Å². The molecular weight excluding hydrogens is 643 g/mol. The highest BCUT2D eigenvalue weighted by molar-refractivity contribution is 6.16. The van der Waals surface area contributed by atoms with Gasteiger partial charge >= 0.3 is 0 Å². The van der Waals surface area contributed by atoms with Crippen LogP contribution in [-0.4, -0.2) is 0 Å². The van der Waals surface area contributed by atoms with Gasteiger partial charge < -0.3 is 9.32 Å². The average molecular weight is 680 g/mol. The van der Waals surface area contributed by atoms with Crippen molar-refractivity contribution in [2.45, 2.75) is 19.3 Å². The molecule has 1 aliphatic rings. The highest BCUT2D eigenvalue weighted by Gasteiger charge is 2.36. The first-order valence-corrected chi connectivity index (χ1v) is 18.3. The summed E-state index contributed by atoms with van der Waals surface area (Å²) in [5.41, 5.74) is 17.3. The molecule has 0 atom stereocenters. The molecule has 1 heterocycles. The van der Waals surface area contributed by atoms with Gasteiger partial charge in [0.15, 0.2) is 0 Å². The van der Waals surface area contributed by atoms with Crippen LogP contribution >= 0.6 is 0 Å². The molecule has 10 rings (SSSR count). The zero-order chi connectivity index (χ0) is 35.5. The van der Waals surface area contributed by atoms with Crippen LogP contribution in [0.15, 0.2) is 192 Å². The van der Waals surface area contributed by atoms with E-state index in [1.165, 1.54) is 44.5 Å². The van der Waals surface area contributed by atoms with Crippen molar-refractivity contribution in [3.8, 4) is 44.5 Å². The Labute approximate surface area is 310 Å². The highest BCUT2D eigenvalue weighted by atomic mass is 16.3. The number of anilines is 3. The number of nitrogens with zero attached hydrogens (tertiary/aromatic N) is 1. The molecule has 0 unspecified atom stereocenters. The lowest BCUT2D eigenvalue weighted by atomic mass is 9.82. The second kappa shape index (κ2) is 12.3. The fourth-order valence-electron chi connectivity index (χ4n) is 8.46. The van der Waals surface area contributed by atoms with E-state index in [-0.39, 0.29) is 5.41 Å². The van der Waals surface area contributed by atoms with E-state index in [9.17, 15) is 0 Å². The van der Waals surface area contributed by atoms with Crippen molar-refractivity contribution in [1.29, 1.82) is 0 Å². The Morgan fingerprint density at radius 1 is 0.415 bits per heavy atom. The monoisotopic (exact) mass is 679 g/mol. The Morgan fingerprint density at radius 3 is 1.81 bits per heavy atom. The molecule has 53 heavy (non-hydrogen) atoms. The van der Waals surface area contributed by atoms with Gasteiger partial charge in [0.25, 0.3) is 0 Å². The van der Waals surface area contributed by atoms with E-state index < -0.39 is 0 Å². The maximum absolute atomic E-state index is 6.54. The molecule has 2 nitrogen and oxygen atoms in total. The van der Waals surface area contributed by atoms with E-state index in [0.29, 0.717) is 0 Å². The molecule has 0 amide bonds. The van der Waals surface area contributed by atoms with Crippen molar-refractivity contribution in [1.82, 2.24) is 0 Å². The number of rotatable bonds is 6. The second-order valence-electron chi connectivity index (χ2n) is 14.5. The van der Waals surface area contributed by atoms with Crippen LogP contribution in [-0.2, 0) is 5.41 Å². The maximum atomic E-state index is 6.54. The van der Waals surface area contributed by atoms with Crippen molar-refractivity contribution in [3.05, 3.63) is 199 Å². The zero-order valence-corrected chi connectivity index (χ0v) is 29.8. The molecule has 0 fully saturated rings. The summed E-state index contributed by atoms with van der Waals surface area (Å²) in [7, 11) is 0. The van der Waals surface area contributed by atoms with Crippen LogP contribution in [0.5, 0.6) is 0 Å². The van der Waals surface area contributed by atoms with Crippen molar-refractivity contribution >= 4 is 39.0 Å². The third-order valence-corrected chi connectivity index (χ3v) is 11.1. The number of fused-ring (bicyclic) bond motifs is 6. The number of para-hydroxylation sites is 1. The van der Waals surface area contributed by atoms with Crippen molar-refractivity contribution in [2.75, 3.05) is 4.90 Å². The molecule has 9 aromatic rings. The molecule has 0 spiro atoms. The van der Waals surface area contributed by atoms with Gasteiger partial charge in [0.1, 0.15) is 11.2 Å². The fourth-order valence-corrected chi connectivity index (χ4v) is 8.46. The van der Waals surface area contributed by atoms with Gasteiger partial charge in [-0.3, -0.25) is 0 Å². The van der Waals surface area contributed by atoms with Crippen molar-refractivity contribution in [3.63, 3.8) is 0 Å². The van der Waals surface area contributed by atoms with Gasteiger partial charge in [-0.2, -0.15) is 0 Å². The fraction of sp³-hybridized carbons (Fsp3) is 0.0588. The summed E-state index contributed by atoms with van der Waals surface area (Å²) in [5.74, 6) is 0. The van der Waals surface area contributed by atoms with Crippen LogP contribution in [0, 0.1) is 0 Å². The molecule has 0 saturated heterocycles. The Balaban J connectivity index is 1.25. The van der Waals surface area contributed by atoms with E-state index >= 15 is 0 Å². The molecule has 0 saturated carbocycles. The maximum Gasteiger partial charge on any atom is 0.136 e. The molecule has 0 aliphatic heterocycles. The number of hydrogen-bond acceptors (Lipinski definition) is 2. The quantitative estimate of drug-likeness (QED) is 0.174. The molecule has 0 N–H and O–H groups in total. The summed E-state index contributed by atoms with van der Waals surface area (Å²) < 4.78 is 6.54. The zero-order valence-electron chi connectivity index (χ0n) is 29.8. The van der Waals surface area contributed by atoms with Crippen molar-refractivity contribution < 1.29 is 4.42 Å². The van der Waals surface area contributed by atoms with Crippen molar-refractivity contribution in [2.24, 2.45) is 0 Å². The van der Waals surface area contributed by atoms with Crippen LogP contribution in [0.4, 0.5) is 17.1 Å². The van der Waals surface area contributed by atoms with Crippen LogP contribution in [0.1, 0.15) is 25.0 Å². The number of hydrogen-bond donors (Lipinski definition) is 0. The highest BCUT2D eigenvalue weighted by Crippen LogP contribution is 2.52. The summed E-state index contributed by atoms with van der Waals surface area (Å²) in [4.78, 5) is 2.45. The predicted octanol–water partition coefficient (Wildman–Crippen LogP) is 14.4. The Bertz CT molecular complexity index is 2790. The lowest BCUT2D eigenvalue weighted by Gasteiger charge is -2.30. The first-order chi connectivity index (χ1) is 26.0. The summed E-state index contributed by atoms with van der Waals surface area (Å²) >= 11 is 0. The smallest absolute Gasteiger partial charge is 0.136 e. The molecule has 1 aromatic heterocycles. The number of benzene rings is 8. The minimum Gasteiger partial charge on any atom is -0.456 e. The SMILES string of the molecule is CC1(C)c2ccccc2-c2ccc(N(c3cccc(-c4ccccc4)c3)c3ccc4oc5ccccc5c4c3-c3ccc(-c4ccccc4)cc3)cc21. The largest absolute Gasteiger partial charge is 0.456 e. The van der Waals surface area contributed by atoms with Crippen LogP contribution in [0.2, 0.25) is 0 Å². The summed E-state index contributed by atoms with van der Waals surface area (Å²) in [6, 6.07) is 67.9. The van der Waals surface area contributed by atoms with Gasteiger partial charge in [0.05, 0.1) is 5.69 Å². The molecule has 8 aromatic carbocycles. The summed E-state index contributed by atoms with van der Waals surface area (Å²) in [6.45, 7) is 4.70. The van der Waals surface area contributed by atoms with Crippen LogP contribution < -0.4 is 4.90 Å². The van der Waals surface area contributed by atoms with Gasteiger partial charge in [-0.1, -0.05) is 159 Å². The predicted molar refractivity (Wildman–Crippen MR) is 222 cm³/mol. The third-order valence-electron chi connectivity index (χ3n) is 11.1. The van der Waals surface area contributed by atoms with Crippen LogP contribution in [0.25, 0.3) is 66.4 Å². The van der Waals surface area contributed by atoms with Gasteiger partial charge in [-0.05, 0) is 92.5 Å². The molecule has 1 aliphatic carbocycles. The Hall–Kier alpha value is -6.64. The normalized spacial score (nSPS) is 12.9. The Morgan fingerprint density at radius 2 is 1.02 bits per heavy atom. The standard InChI is InChI=1S/C51H37NO/c1-51(2)44-22-11-9-20-41(44)42-29-28-40(33-45(42)51)52(39-19-13-18-38(32-39)35-16-7-4-8-17-35)46-30-31-48-50(43-21-10-12-23-47(43)53-48)49(46)37-26-24-36(25-27-37)34-14-5-3-6-15-34/h3-33H,1-2H3. The van der Waals surface area contributed by atoms with Gasteiger partial charge in [-0.15, -0.1) is 0 Å². The molecule has 2 heteroatoms. The topological polar surface area (TPSA) is 16.4 Å². The number of furan rings is 1. The minimum absolute atomic E-state index is 0.139. The van der Waals surface area contributed by atoms with E-state index in [0.717, 1.165) is 50.1 Å². The first-order valence-electron chi connectivity index (χ1n) is 18.3. The van der Waals surface area contributed by atoms with E-state index in [1.54, 1.807) is 0 Å². The summed E-state index contributed by atoms with van der Waals surface area (Å²) in [6.07, 6.45) is 0. The molecule has 0 radical (unpaired) electrons. The van der Waals surface area contributed by atoms with E-state index in [2.05, 4.69) is 201 Å². The molecular formula is C51H37NO. The Kier molecular flexibility index (Phi) is 7.19. The lowest BCUT2D eigenvalue weighted by Crippen LogP contribution is -2.17. The minimum atomic E-state index is -0.139. The molecule has 0 bridgehead atoms. The summed E-state index contributed by atoms with van der Waals surface area (Å²) in [5, 5.41) is 2.22. The first kappa shape index (κ1) is 31.1. The average Bonchev–Trinajstić information content (AvgIpc) is 3.71. The molecule has 252 valence electrons. The third kappa shape index (κ3) is 5.10. The second-order valence-corrected chi connectivity index (χ2v) is 14.5.